The molecule has 1 amide bonds. The number of hydrogen-bond acceptors (Lipinski definition) is 7. The van der Waals surface area contributed by atoms with Crippen LogP contribution in [0.3, 0.4) is 0 Å². The number of alkyl carbamates (subject to hydrolysis) is 1. The summed E-state index contributed by atoms with van der Waals surface area (Å²) in [7, 11) is -7.85. The number of rotatable bonds is 11. The molecule has 7 atom stereocenters. The number of fused-ring (bicyclic) bond motifs is 1. The molecule has 0 radical (unpaired) electrons. The maximum Gasteiger partial charge on any atom is 0.407 e. The Morgan fingerprint density at radius 2 is 1.47 bits per heavy atom. The average molecular weight is 820 g/mol. The number of amides is 1. The number of sulfonamides is 1. The van der Waals surface area contributed by atoms with E-state index in [2.05, 4.69) is 96.8 Å². The van der Waals surface area contributed by atoms with Crippen molar-refractivity contribution in [1.82, 2.24) is 10.1 Å². The van der Waals surface area contributed by atoms with Crippen LogP contribution in [0.1, 0.15) is 127 Å². The molecule has 3 fully saturated rings. The number of carbonyl (C=O) groups excluding carboxylic acids is 1. The fourth-order valence-electron chi connectivity index (χ4n) is 9.12. The van der Waals surface area contributed by atoms with E-state index in [1.165, 1.54) is 0 Å². The number of carbonyl (C=O) groups is 1. The van der Waals surface area contributed by atoms with Crippen molar-refractivity contribution in [3.05, 3.63) is 29.8 Å². The minimum atomic E-state index is -3.81. The molecule has 0 spiro atoms. The van der Waals surface area contributed by atoms with Gasteiger partial charge in [0, 0.05) is 30.4 Å². The van der Waals surface area contributed by atoms with Crippen molar-refractivity contribution < 1.29 is 26.8 Å². The zero-order valence-corrected chi connectivity index (χ0v) is 40.2. The van der Waals surface area contributed by atoms with E-state index in [1.807, 2.05) is 27.7 Å². The monoisotopic (exact) mass is 820 g/mol. The van der Waals surface area contributed by atoms with Crippen LogP contribution in [0.25, 0.3) is 0 Å². The Morgan fingerprint density at radius 1 is 0.873 bits per heavy atom. The number of aryl methyl sites for hydroxylation is 1. The highest BCUT2D eigenvalue weighted by molar-refractivity contribution is 7.89. The van der Waals surface area contributed by atoms with Gasteiger partial charge in [-0.3, -0.25) is 0 Å². The third-order valence-corrected chi connectivity index (χ3v) is 25.0. The van der Waals surface area contributed by atoms with Gasteiger partial charge in [0.15, 0.2) is 16.6 Å². The highest BCUT2D eigenvalue weighted by Crippen LogP contribution is 2.62. The van der Waals surface area contributed by atoms with Crippen molar-refractivity contribution in [2.75, 3.05) is 13.2 Å². The summed E-state index contributed by atoms with van der Waals surface area (Å²) in [6.45, 7) is 36.9. The molecule has 0 aliphatic heterocycles. The molecule has 0 heterocycles. The normalized spacial score (nSPS) is 30.5. The van der Waals surface area contributed by atoms with Gasteiger partial charge in [-0.15, -0.1) is 0 Å². The van der Waals surface area contributed by atoms with E-state index in [0.717, 1.165) is 49.8 Å². The number of nitrogens with zero attached hydrogens (tertiary/aromatic N) is 1. The predicted molar refractivity (Wildman–Crippen MR) is 231 cm³/mol. The van der Waals surface area contributed by atoms with Crippen molar-refractivity contribution in [3.63, 3.8) is 0 Å². The lowest BCUT2D eigenvalue weighted by molar-refractivity contribution is -0.0871. The van der Waals surface area contributed by atoms with Gasteiger partial charge in [0.2, 0.25) is 0 Å². The Balaban J connectivity index is 1.70. The maximum absolute atomic E-state index is 13.3. The Bertz CT molecular complexity index is 1640. The van der Waals surface area contributed by atoms with Crippen LogP contribution in [0.15, 0.2) is 34.3 Å². The molecule has 1 aromatic rings. The Kier molecular flexibility index (Phi) is 13.5. The smallest absolute Gasteiger partial charge is 0.407 e. The Labute approximate surface area is 337 Å². The van der Waals surface area contributed by atoms with Crippen LogP contribution in [-0.2, 0) is 23.6 Å². The van der Waals surface area contributed by atoms with E-state index in [1.54, 1.807) is 24.3 Å². The molecule has 4 rings (SSSR count). The zero-order valence-electron chi connectivity index (χ0n) is 37.4. The van der Waals surface area contributed by atoms with Gasteiger partial charge in [-0.25, -0.2) is 9.63 Å². The standard InChI is InChI=1S/C43H77N3O6SSi2/c1-30-17-19-33(20-18-30)53(48,49)46-45-37-22-21-35-34(28-44-38(47)51-39(2,3)4)36(24-26-43(35,37)12)42(11)25-23-32(52-55(15,16)41(8,9)10)27-31(42)29-50-54(13,14)40(5,6)7/h17-20,31-32,34-36,46H,21-29H2,1-16H3,(H,44,47)/b45-37-/t31-,32+,34+,35+,36+,42+,43+/m1/s1. The van der Waals surface area contributed by atoms with Gasteiger partial charge in [-0.1, -0.05) is 73.1 Å². The molecule has 0 bridgehead atoms. The van der Waals surface area contributed by atoms with Crippen LogP contribution in [0.2, 0.25) is 36.3 Å². The second-order valence-corrected chi connectivity index (χ2v) is 33.0. The summed E-state index contributed by atoms with van der Waals surface area (Å²) in [5.74, 6) is 0.958. The Morgan fingerprint density at radius 3 is 2.04 bits per heavy atom. The van der Waals surface area contributed by atoms with Gasteiger partial charge in [0.05, 0.1) is 4.90 Å². The van der Waals surface area contributed by atoms with Crippen LogP contribution in [0, 0.1) is 41.4 Å². The first kappa shape index (κ1) is 46.0. The lowest BCUT2D eigenvalue weighted by atomic mass is 9.49. The SMILES string of the molecule is Cc1ccc(S(=O)(=O)N/N=C2/CC[C@H]3[C@H](CNC(=O)OC(C)(C)C)[C@@H]([C@@]4(C)CC[C@H](O[Si](C)(C)C(C)(C)C)C[C@@H]4CO[Si](C)(C)C(C)(C)C)CC[C@]23C)cc1. The highest BCUT2D eigenvalue weighted by atomic mass is 32.2. The topological polar surface area (TPSA) is 115 Å². The summed E-state index contributed by atoms with van der Waals surface area (Å²) < 4.78 is 46.7. The summed E-state index contributed by atoms with van der Waals surface area (Å²) in [6.07, 6.45) is 6.27. The molecule has 1 aromatic carbocycles. The molecule has 55 heavy (non-hydrogen) atoms. The molecule has 3 aliphatic carbocycles. The summed E-state index contributed by atoms with van der Waals surface area (Å²) >= 11 is 0. The van der Waals surface area contributed by atoms with Gasteiger partial charge in [-0.05, 0) is 150 Å². The van der Waals surface area contributed by atoms with E-state index in [4.69, 9.17) is 13.6 Å². The first-order valence-electron chi connectivity index (χ1n) is 20.9. The summed E-state index contributed by atoms with van der Waals surface area (Å²) in [6, 6.07) is 6.85. The molecule has 0 saturated heterocycles. The quantitative estimate of drug-likeness (QED) is 0.170. The van der Waals surface area contributed by atoms with Crippen molar-refractivity contribution in [1.29, 1.82) is 0 Å². The van der Waals surface area contributed by atoms with Gasteiger partial charge in [0.25, 0.3) is 10.0 Å². The molecular formula is C43H77N3O6SSi2. The van der Waals surface area contributed by atoms with E-state index in [-0.39, 0.29) is 43.7 Å². The minimum Gasteiger partial charge on any atom is -0.444 e. The van der Waals surface area contributed by atoms with E-state index in [0.29, 0.717) is 31.4 Å². The first-order chi connectivity index (χ1) is 24.9. The first-order valence-corrected chi connectivity index (χ1v) is 28.2. The summed E-state index contributed by atoms with van der Waals surface area (Å²) in [5, 5.41) is 8.12. The third-order valence-electron chi connectivity index (χ3n) is 14.7. The average Bonchev–Trinajstić information content (AvgIpc) is 3.37. The van der Waals surface area contributed by atoms with Crippen LogP contribution in [0.4, 0.5) is 4.79 Å². The molecule has 3 saturated carbocycles. The maximum atomic E-state index is 13.3. The number of hydrogen-bond donors (Lipinski definition) is 2. The van der Waals surface area contributed by atoms with E-state index < -0.39 is 38.4 Å². The lowest BCUT2D eigenvalue weighted by Crippen LogP contribution is -2.56. The van der Waals surface area contributed by atoms with Crippen molar-refractivity contribution in [2.24, 2.45) is 39.6 Å². The number of ether oxygens (including phenoxy) is 1. The molecule has 0 unspecified atom stereocenters. The van der Waals surface area contributed by atoms with Crippen molar-refractivity contribution in [3.8, 4) is 0 Å². The second kappa shape index (κ2) is 16.1. The Hall–Kier alpha value is -1.74. The summed E-state index contributed by atoms with van der Waals surface area (Å²) in [4.78, 5) is 16.0. The largest absolute Gasteiger partial charge is 0.444 e. The third kappa shape index (κ3) is 10.5. The zero-order chi connectivity index (χ0) is 41.6. The molecule has 12 heteroatoms. The van der Waals surface area contributed by atoms with E-state index >= 15 is 0 Å². The molecule has 3 aliphatic rings. The number of benzene rings is 1. The van der Waals surface area contributed by atoms with E-state index in [9.17, 15) is 13.2 Å². The summed E-state index contributed by atoms with van der Waals surface area (Å²) in [5.41, 5.74) is 0.942. The molecule has 314 valence electrons. The molecule has 9 nitrogen and oxygen atoms in total. The predicted octanol–water partition coefficient (Wildman–Crippen LogP) is 10.8. The number of nitrogens with one attached hydrogen (secondary N) is 2. The van der Waals surface area contributed by atoms with Gasteiger partial charge in [-0.2, -0.15) is 13.5 Å². The van der Waals surface area contributed by atoms with Crippen molar-refractivity contribution in [2.45, 2.75) is 181 Å². The van der Waals surface area contributed by atoms with Gasteiger partial charge < -0.3 is 18.9 Å². The second-order valence-electron chi connectivity index (χ2n) is 21.8. The lowest BCUT2D eigenvalue weighted by Gasteiger charge is -2.57. The van der Waals surface area contributed by atoms with Crippen LogP contribution in [-0.4, -0.2) is 61.7 Å². The fourth-order valence-corrected chi connectivity index (χ4v) is 12.4. The van der Waals surface area contributed by atoms with Gasteiger partial charge >= 0.3 is 6.09 Å². The highest BCUT2D eigenvalue weighted by Gasteiger charge is 2.58. The molecule has 0 aromatic heterocycles. The van der Waals surface area contributed by atoms with Gasteiger partial charge in [0.1, 0.15) is 5.60 Å². The molecular weight excluding hydrogens is 743 g/mol. The molecule has 2 N–H and O–H groups in total. The van der Waals surface area contributed by atoms with Crippen LogP contribution in [0.5, 0.6) is 0 Å². The fraction of sp³-hybridized carbons (Fsp3) is 0.814. The number of hydrazone groups is 1. The van der Waals surface area contributed by atoms with Crippen LogP contribution >= 0.6 is 0 Å². The van der Waals surface area contributed by atoms with Crippen LogP contribution < -0.4 is 10.1 Å². The minimum absolute atomic E-state index is 0.0514. The van der Waals surface area contributed by atoms with Crippen molar-refractivity contribution >= 4 is 38.5 Å².